The number of carbonyl (C=O) groups is 2. The van der Waals surface area contributed by atoms with E-state index in [2.05, 4.69) is 5.32 Å². The number of anilines is 1. The number of nitrogens with one attached hydrogen (secondary N) is 1. The first kappa shape index (κ1) is 29.3. The maximum Gasteiger partial charge on any atom is 0.321 e. The van der Waals surface area contributed by atoms with Gasteiger partial charge in [-0.2, -0.15) is 0 Å². The lowest BCUT2D eigenvalue weighted by molar-refractivity contribution is -0.0179. The second-order valence-electron chi connectivity index (χ2n) is 11.1. The number of para-hydroxylation sites is 1. The Kier molecular flexibility index (Phi) is 8.61. The second-order valence-corrected chi connectivity index (χ2v) is 11.1. The Morgan fingerprint density at radius 2 is 1.81 bits per heavy atom. The number of hydrogen-bond acceptors (Lipinski definition) is 4. The van der Waals surface area contributed by atoms with Gasteiger partial charge in [-0.1, -0.05) is 49.4 Å². The molecule has 0 saturated carbocycles. The monoisotopic (exact) mass is 572 g/mol. The van der Waals surface area contributed by atoms with Gasteiger partial charge in [-0.25, -0.2) is 9.18 Å². The number of fused-ring (bicyclic) bond motifs is 5. The largest absolute Gasteiger partial charge is 0.394 e. The third-order valence-electron chi connectivity index (χ3n) is 8.12. The Balaban J connectivity index is 1.53. The molecule has 1 aromatic heterocycles. The van der Waals surface area contributed by atoms with Crippen LogP contribution in [0.25, 0.3) is 22.0 Å². The Labute approximate surface area is 245 Å². The average Bonchev–Trinajstić information content (AvgIpc) is 3.29. The summed E-state index contributed by atoms with van der Waals surface area (Å²) in [5, 5.41) is 13.9. The van der Waals surface area contributed by atoms with Gasteiger partial charge in [0, 0.05) is 55.3 Å². The third-order valence-corrected chi connectivity index (χ3v) is 8.12. The number of amides is 3. The quantitative estimate of drug-likeness (QED) is 0.330. The maximum absolute atomic E-state index is 14.4. The molecule has 1 aliphatic heterocycles. The first-order chi connectivity index (χ1) is 20.2. The lowest BCUT2D eigenvalue weighted by Gasteiger charge is -2.35. The van der Waals surface area contributed by atoms with Gasteiger partial charge in [-0.3, -0.25) is 4.79 Å². The number of urea groups is 1. The average molecular weight is 573 g/mol. The summed E-state index contributed by atoms with van der Waals surface area (Å²) in [6.07, 6.45) is -0.429. The summed E-state index contributed by atoms with van der Waals surface area (Å²) in [4.78, 5) is 30.7. The number of likely N-dealkylation sites (N-methyl/N-ethyl adjacent to an activating group) is 1. The van der Waals surface area contributed by atoms with E-state index in [1.165, 1.54) is 29.2 Å². The van der Waals surface area contributed by atoms with Crippen molar-refractivity contribution in [3.05, 3.63) is 89.9 Å². The van der Waals surface area contributed by atoms with Gasteiger partial charge in [0.15, 0.2) is 0 Å². The number of carbonyl (C=O) groups excluding carboxylic acids is 2. The van der Waals surface area contributed by atoms with Crippen LogP contribution in [0.2, 0.25) is 0 Å². The minimum Gasteiger partial charge on any atom is -0.394 e. The van der Waals surface area contributed by atoms with Gasteiger partial charge in [0.25, 0.3) is 5.91 Å². The van der Waals surface area contributed by atoms with E-state index in [0.717, 1.165) is 27.6 Å². The summed E-state index contributed by atoms with van der Waals surface area (Å²) in [6, 6.07) is 20.7. The van der Waals surface area contributed by atoms with E-state index in [1.807, 2.05) is 74.0 Å². The molecule has 220 valence electrons. The molecule has 3 aromatic carbocycles. The number of aromatic nitrogens is 1. The van der Waals surface area contributed by atoms with E-state index in [4.69, 9.17) is 4.74 Å². The predicted octanol–water partition coefficient (Wildman–Crippen LogP) is 5.51. The fraction of sp³-hybridized carbons (Fsp3) is 0.333. The molecule has 42 heavy (non-hydrogen) atoms. The van der Waals surface area contributed by atoms with Crippen LogP contribution in [-0.4, -0.2) is 70.3 Å². The van der Waals surface area contributed by atoms with Crippen molar-refractivity contribution in [1.82, 2.24) is 14.4 Å². The van der Waals surface area contributed by atoms with Gasteiger partial charge >= 0.3 is 6.03 Å². The highest BCUT2D eigenvalue weighted by molar-refractivity contribution is 6.10. The number of rotatable bonds is 5. The zero-order valence-electron chi connectivity index (χ0n) is 24.4. The molecule has 1 aliphatic rings. The van der Waals surface area contributed by atoms with Crippen molar-refractivity contribution < 1.29 is 23.8 Å². The molecule has 8 nitrogen and oxygen atoms in total. The van der Waals surface area contributed by atoms with Gasteiger partial charge in [0.05, 0.1) is 25.4 Å². The van der Waals surface area contributed by atoms with E-state index < -0.39 is 12.1 Å². The molecule has 0 unspecified atom stereocenters. The molecule has 0 aliphatic carbocycles. The molecule has 2 heterocycles. The van der Waals surface area contributed by atoms with Gasteiger partial charge < -0.3 is 29.5 Å². The maximum atomic E-state index is 14.4. The normalized spacial score (nSPS) is 18.1. The van der Waals surface area contributed by atoms with E-state index in [9.17, 15) is 19.1 Å². The molecule has 0 saturated heterocycles. The molecular formula is C33H37FN4O4. The van der Waals surface area contributed by atoms with Gasteiger partial charge in [-0.15, -0.1) is 0 Å². The first-order valence-electron chi connectivity index (χ1n) is 14.2. The van der Waals surface area contributed by atoms with Crippen molar-refractivity contribution in [2.24, 2.45) is 13.0 Å². The van der Waals surface area contributed by atoms with Crippen LogP contribution >= 0.6 is 0 Å². The van der Waals surface area contributed by atoms with E-state index in [1.54, 1.807) is 11.9 Å². The number of hydrogen-bond donors (Lipinski definition) is 2. The Morgan fingerprint density at radius 3 is 2.55 bits per heavy atom. The summed E-state index contributed by atoms with van der Waals surface area (Å²) in [5.74, 6) is -0.741. The van der Waals surface area contributed by atoms with Crippen molar-refractivity contribution in [2.45, 2.75) is 32.6 Å². The highest BCUT2D eigenvalue weighted by Crippen LogP contribution is 2.38. The lowest BCUT2D eigenvalue weighted by Crippen LogP contribution is -2.48. The SMILES string of the molecule is C[C@H](CO)N1C[C@H](C)[C@@H](CN(C)C(=O)Nc2ccc(F)cc2)OCc2ccccc2-c2c(n(C)c3ccccc23)C1=O. The Bertz CT molecular complexity index is 1580. The van der Waals surface area contributed by atoms with Crippen LogP contribution in [0.3, 0.4) is 0 Å². The summed E-state index contributed by atoms with van der Waals surface area (Å²) >= 11 is 0. The van der Waals surface area contributed by atoms with Crippen LogP contribution in [-0.2, 0) is 18.4 Å². The molecule has 3 amide bonds. The van der Waals surface area contributed by atoms with Crippen molar-refractivity contribution in [3.63, 3.8) is 0 Å². The second kappa shape index (κ2) is 12.3. The van der Waals surface area contributed by atoms with E-state index >= 15 is 0 Å². The Hall–Kier alpha value is -4.21. The summed E-state index contributed by atoms with van der Waals surface area (Å²) < 4.78 is 21.8. The number of aryl methyl sites for hydroxylation is 1. The molecule has 5 rings (SSSR count). The van der Waals surface area contributed by atoms with Crippen LogP contribution in [0.1, 0.15) is 29.9 Å². The molecule has 0 spiro atoms. The number of aliphatic hydroxyl groups is 1. The van der Waals surface area contributed by atoms with Gasteiger partial charge in [0.1, 0.15) is 11.5 Å². The zero-order chi connectivity index (χ0) is 30.0. The molecule has 4 aromatic rings. The van der Waals surface area contributed by atoms with Crippen LogP contribution < -0.4 is 5.32 Å². The highest BCUT2D eigenvalue weighted by Gasteiger charge is 2.34. The molecule has 0 bridgehead atoms. The van der Waals surface area contributed by atoms with Crippen LogP contribution in [0.5, 0.6) is 0 Å². The highest BCUT2D eigenvalue weighted by atomic mass is 19.1. The topological polar surface area (TPSA) is 87.0 Å². The van der Waals surface area contributed by atoms with Gasteiger partial charge in [-0.05, 0) is 48.4 Å². The standard InChI is InChI=1S/C33H37FN4O4/c1-21-17-38(22(2)19-39)32(40)31-30(27-11-7-8-12-28(27)37(31)4)26-10-6-5-9-23(26)20-42-29(21)18-36(3)33(41)35-25-15-13-24(34)14-16-25/h5-16,21-22,29,39H,17-20H2,1-4H3,(H,35,41)/t21-,22+,29+/m0/s1. The number of halogens is 1. The minimum absolute atomic E-state index is 0.171. The summed E-state index contributed by atoms with van der Waals surface area (Å²) in [7, 11) is 3.58. The van der Waals surface area contributed by atoms with Crippen LogP contribution in [0.15, 0.2) is 72.8 Å². The van der Waals surface area contributed by atoms with Crippen molar-refractivity contribution in [3.8, 4) is 11.1 Å². The number of nitrogens with zero attached hydrogens (tertiary/aromatic N) is 3. The molecular weight excluding hydrogens is 535 g/mol. The van der Waals surface area contributed by atoms with E-state index in [0.29, 0.717) is 17.9 Å². The smallest absolute Gasteiger partial charge is 0.321 e. The van der Waals surface area contributed by atoms with Crippen molar-refractivity contribution in [1.29, 1.82) is 0 Å². The third kappa shape index (κ3) is 5.75. The van der Waals surface area contributed by atoms with Gasteiger partial charge in [0.2, 0.25) is 0 Å². The van der Waals surface area contributed by atoms with Crippen LogP contribution in [0, 0.1) is 11.7 Å². The van der Waals surface area contributed by atoms with Crippen LogP contribution in [0.4, 0.5) is 14.9 Å². The van der Waals surface area contributed by atoms with Crippen molar-refractivity contribution >= 4 is 28.5 Å². The minimum atomic E-state index is -0.443. The molecule has 0 radical (unpaired) electrons. The van der Waals surface area contributed by atoms with E-state index in [-0.39, 0.29) is 43.4 Å². The first-order valence-corrected chi connectivity index (χ1v) is 14.2. The molecule has 2 N–H and O–H groups in total. The lowest BCUT2D eigenvalue weighted by atomic mass is 9.96. The number of ether oxygens (including phenoxy) is 1. The molecule has 3 atom stereocenters. The van der Waals surface area contributed by atoms with Crippen molar-refractivity contribution in [2.75, 3.05) is 32.1 Å². The Morgan fingerprint density at radius 1 is 1.12 bits per heavy atom. The summed E-state index contributed by atoms with van der Waals surface area (Å²) in [6.45, 7) is 4.48. The fourth-order valence-corrected chi connectivity index (χ4v) is 5.63. The zero-order valence-corrected chi connectivity index (χ0v) is 24.4. The molecule has 9 heteroatoms. The number of benzene rings is 3. The summed E-state index contributed by atoms with van der Waals surface area (Å²) in [5.41, 5.74) is 4.67. The predicted molar refractivity (Wildman–Crippen MR) is 162 cm³/mol. The molecule has 0 fully saturated rings. The number of aliphatic hydroxyl groups excluding tert-OH is 1. The fourth-order valence-electron chi connectivity index (χ4n) is 5.63.